The maximum absolute atomic E-state index is 12.8. The van der Waals surface area contributed by atoms with Crippen LogP contribution in [0.4, 0.5) is 4.39 Å². The molecule has 2 rings (SSSR count). The van der Waals surface area contributed by atoms with Crippen molar-refractivity contribution in [3.63, 3.8) is 0 Å². The van der Waals surface area contributed by atoms with Gasteiger partial charge in [0.05, 0.1) is 0 Å². The van der Waals surface area contributed by atoms with Crippen molar-refractivity contribution in [1.82, 2.24) is 5.32 Å². The predicted octanol–water partition coefficient (Wildman–Crippen LogP) is 2.60. The minimum absolute atomic E-state index is 0.179. The summed E-state index contributed by atoms with van der Waals surface area (Å²) in [7, 11) is 0. The normalized spacial score (nSPS) is 26.1. The van der Waals surface area contributed by atoms with E-state index in [2.05, 4.69) is 12.2 Å². The highest BCUT2D eigenvalue weighted by atomic mass is 19.1. The summed E-state index contributed by atoms with van der Waals surface area (Å²) in [5.41, 5.74) is 6.90. The van der Waals surface area contributed by atoms with Crippen LogP contribution in [0.3, 0.4) is 0 Å². The average molecular weight is 236 g/mol. The highest BCUT2D eigenvalue weighted by Crippen LogP contribution is 2.27. The lowest BCUT2D eigenvalue weighted by Crippen LogP contribution is -2.37. The third-order valence-corrected chi connectivity index (χ3v) is 3.80. The van der Waals surface area contributed by atoms with Crippen LogP contribution in [0.25, 0.3) is 0 Å². The number of hydrogen-bond donors (Lipinski definition) is 2. The fraction of sp³-hybridized carbons (Fsp3) is 0.571. The lowest BCUT2D eigenvalue weighted by Gasteiger charge is -2.24. The molecule has 0 aromatic heterocycles. The molecule has 0 aliphatic heterocycles. The van der Waals surface area contributed by atoms with Crippen molar-refractivity contribution >= 4 is 0 Å². The largest absolute Gasteiger partial charge is 0.330 e. The molecule has 1 aliphatic carbocycles. The van der Waals surface area contributed by atoms with Crippen LogP contribution in [0.2, 0.25) is 0 Å². The number of nitrogens with one attached hydrogen (secondary N) is 1. The molecule has 17 heavy (non-hydrogen) atoms. The third kappa shape index (κ3) is 3.05. The first kappa shape index (κ1) is 12.5. The van der Waals surface area contributed by atoms with E-state index in [1.54, 1.807) is 0 Å². The van der Waals surface area contributed by atoms with Gasteiger partial charge in [-0.05, 0) is 49.9 Å². The van der Waals surface area contributed by atoms with Crippen molar-refractivity contribution in [1.29, 1.82) is 0 Å². The van der Waals surface area contributed by atoms with E-state index in [1.807, 2.05) is 12.1 Å². The van der Waals surface area contributed by atoms with Gasteiger partial charge in [0, 0.05) is 12.1 Å². The van der Waals surface area contributed by atoms with E-state index in [4.69, 9.17) is 5.73 Å². The molecule has 1 aromatic rings. The molecule has 3 atom stereocenters. The van der Waals surface area contributed by atoms with Crippen LogP contribution in [0, 0.1) is 11.7 Å². The van der Waals surface area contributed by atoms with Crippen molar-refractivity contribution in [2.24, 2.45) is 11.7 Å². The summed E-state index contributed by atoms with van der Waals surface area (Å²) >= 11 is 0. The Morgan fingerprint density at radius 1 is 1.35 bits per heavy atom. The molecule has 0 amide bonds. The van der Waals surface area contributed by atoms with Gasteiger partial charge in [0.2, 0.25) is 0 Å². The van der Waals surface area contributed by atoms with Gasteiger partial charge in [-0.25, -0.2) is 4.39 Å². The molecule has 1 saturated carbocycles. The average Bonchev–Trinajstić information content (AvgIpc) is 2.77. The van der Waals surface area contributed by atoms with Gasteiger partial charge in [0.15, 0.2) is 0 Å². The second-order valence-electron chi connectivity index (χ2n) is 4.97. The van der Waals surface area contributed by atoms with E-state index in [0.29, 0.717) is 12.0 Å². The fourth-order valence-corrected chi connectivity index (χ4v) is 2.71. The number of nitrogens with two attached hydrogens (primary N) is 1. The van der Waals surface area contributed by atoms with Crippen LogP contribution < -0.4 is 11.1 Å². The minimum Gasteiger partial charge on any atom is -0.330 e. The smallest absolute Gasteiger partial charge is 0.123 e. The van der Waals surface area contributed by atoms with Crippen molar-refractivity contribution in [2.75, 3.05) is 6.54 Å². The van der Waals surface area contributed by atoms with E-state index >= 15 is 0 Å². The Hall–Kier alpha value is -0.930. The monoisotopic (exact) mass is 236 g/mol. The Morgan fingerprint density at radius 2 is 2.06 bits per heavy atom. The Labute approximate surface area is 102 Å². The SMILES string of the molecule is CC(NC1CCCC1CN)c1ccc(F)cc1. The molecule has 3 unspecified atom stereocenters. The Balaban J connectivity index is 1.96. The summed E-state index contributed by atoms with van der Waals surface area (Å²) in [6.07, 6.45) is 3.69. The molecular weight excluding hydrogens is 215 g/mol. The molecule has 94 valence electrons. The Bertz CT molecular complexity index is 350. The Morgan fingerprint density at radius 3 is 2.71 bits per heavy atom. The summed E-state index contributed by atoms with van der Waals surface area (Å²) < 4.78 is 12.8. The van der Waals surface area contributed by atoms with Crippen LogP contribution in [0.1, 0.15) is 37.8 Å². The zero-order valence-electron chi connectivity index (χ0n) is 10.3. The fourth-order valence-electron chi connectivity index (χ4n) is 2.71. The first-order chi connectivity index (χ1) is 8.20. The summed E-state index contributed by atoms with van der Waals surface area (Å²) in [5, 5.41) is 3.61. The van der Waals surface area contributed by atoms with Crippen molar-refractivity contribution in [3.8, 4) is 0 Å². The van der Waals surface area contributed by atoms with Crippen LogP contribution >= 0.6 is 0 Å². The van der Waals surface area contributed by atoms with E-state index in [-0.39, 0.29) is 11.9 Å². The van der Waals surface area contributed by atoms with Gasteiger partial charge in [-0.3, -0.25) is 0 Å². The third-order valence-electron chi connectivity index (χ3n) is 3.80. The molecule has 1 aliphatic rings. The Kier molecular flexibility index (Phi) is 4.13. The molecular formula is C14H21FN2. The first-order valence-corrected chi connectivity index (χ1v) is 6.42. The molecule has 0 saturated heterocycles. The highest BCUT2D eigenvalue weighted by Gasteiger charge is 2.27. The zero-order chi connectivity index (χ0) is 12.3. The molecule has 0 radical (unpaired) electrons. The van der Waals surface area contributed by atoms with E-state index in [1.165, 1.54) is 31.4 Å². The number of rotatable bonds is 4. The molecule has 1 aromatic carbocycles. The van der Waals surface area contributed by atoms with Crippen molar-refractivity contribution in [3.05, 3.63) is 35.6 Å². The van der Waals surface area contributed by atoms with Gasteiger partial charge >= 0.3 is 0 Å². The molecule has 0 heterocycles. The molecule has 3 heteroatoms. The summed E-state index contributed by atoms with van der Waals surface area (Å²) in [4.78, 5) is 0. The maximum atomic E-state index is 12.8. The van der Waals surface area contributed by atoms with Crippen molar-refractivity contribution in [2.45, 2.75) is 38.3 Å². The second-order valence-corrected chi connectivity index (χ2v) is 4.97. The van der Waals surface area contributed by atoms with E-state index < -0.39 is 0 Å². The standard InChI is InChI=1S/C14H21FN2/c1-10(11-5-7-13(15)8-6-11)17-14-4-2-3-12(14)9-16/h5-8,10,12,14,17H,2-4,9,16H2,1H3. The van der Waals surface area contributed by atoms with E-state index in [0.717, 1.165) is 12.1 Å². The zero-order valence-corrected chi connectivity index (χ0v) is 10.3. The van der Waals surface area contributed by atoms with Gasteiger partial charge in [0.25, 0.3) is 0 Å². The quantitative estimate of drug-likeness (QED) is 0.843. The molecule has 1 fully saturated rings. The second kappa shape index (κ2) is 5.61. The van der Waals surface area contributed by atoms with Gasteiger partial charge in [-0.2, -0.15) is 0 Å². The van der Waals surface area contributed by atoms with Crippen LogP contribution in [0.5, 0.6) is 0 Å². The number of benzene rings is 1. The minimum atomic E-state index is -0.179. The molecule has 0 spiro atoms. The lowest BCUT2D eigenvalue weighted by atomic mass is 10.0. The summed E-state index contributed by atoms with van der Waals surface area (Å²) in [6.45, 7) is 2.88. The van der Waals surface area contributed by atoms with Crippen LogP contribution in [-0.4, -0.2) is 12.6 Å². The number of halogens is 1. The van der Waals surface area contributed by atoms with Gasteiger partial charge in [0.1, 0.15) is 5.82 Å². The lowest BCUT2D eigenvalue weighted by molar-refractivity contribution is 0.373. The summed E-state index contributed by atoms with van der Waals surface area (Å²) in [5.74, 6) is 0.416. The number of hydrogen-bond acceptors (Lipinski definition) is 2. The summed E-state index contributed by atoms with van der Waals surface area (Å²) in [6, 6.07) is 7.50. The predicted molar refractivity (Wildman–Crippen MR) is 68.1 cm³/mol. The van der Waals surface area contributed by atoms with Gasteiger partial charge in [-0.15, -0.1) is 0 Å². The van der Waals surface area contributed by atoms with E-state index in [9.17, 15) is 4.39 Å². The topological polar surface area (TPSA) is 38.0 Å². The van der Waals surface area contributed by atoms with Gasteiger partial charge in [-0.1, -0.05) is 18.6 Å². The van der Waals surface area contributed by atoms with Crippen LogP contribution in [0.15, 0.2) is 24.3 Å². The van der Waals surface area contributed by atoms with Crippen LogP contribution in [-0.2, 0) is 0 Å². The molecule has 2 nitrogen and oxygen atoms in total. The van der Waals surface area contributed by atoms with Crippen molar-refractivity contribution < 1.29 is 4.39 Å². The molecule has 3 N–H and O–H groups in total. The maximum Gasteiger partial charge on any atom is 0.123 e. The van der Waals surface area contributed by atoms with Gasteiger partial charge < -0.3 is 11.1 Å². The first-order valence-electron chi connectivity index (χ1n) is 6.42. The molecule has 0 bridgehead atoms. The highest BCUT2D eigenvalue weighted by molar-refractivity contribution is 5.19.